The van der Waals surface area contributed by atoms with Crippen molar-refractivity contribution in [2.75, 3.05) is 11.4 Å². The number of hydrogen-bond acceptors (Lipinski definition) is 4. The second kappa shape index (κ2) is 7.45. The van der Waals surface area contributed by atoms with E-state index in [9.17, 15) is 5.11 Å². The van der Waals surface area contributed by atoms with Gasteiger partial charge in [0.1, 0.15) is 11.4 Å². The van der Waals surface area contributed by atoms with E-state index in [0.717, 1.165) is 52.8 Å². The number of aromatic nitrogens is 2. The fourth-order valence-corrected chi connectivity index (χ4v) is 4.76. The van der Waals surface area contributed by atoms with Crippen LogP contribution in [0.2, 0.25) is 0 Å². The lowest BCUT2D eigenvalue weighted by molar-refractivity contribution is 0.475. The maximum Gasteiger partial charge on any atom is 0.159 e. The van der Waals surface area contributed by atoms with Gasteiger partial charge in [0.05, 0.1) is 6.04 Å². The number of benzene rings is 3. The minimum Gasteiger partial charge on any atom is -0.508 e. The van der Waals surface area contributed by atoms with Crippen molar-refractivity contribution in [2.45, 2.75) is 32.7 Å². The van der Waals surface area contributed by atoms with Crippen LogP contribution in [0.3, 0.4) is 0 Å². The van der Waals surface area contributed by atoms with Crippen LogP contribution in [0, 0.1) is 6.92 Å². The van der Waals surface area contributed by atoms with Crippen LogP contribution in [-0.4, -0.2) is 21.8 Å². The Kier molecular flexibility index (Phi) is 4.62. The third-order valence-corrected chi connectivity index (χ3v) is 6.20. The van der Waals surface area contributed by atoms with Crippen molar-refractivity contribution in [1.82, 2.24) is 10.2 Å². The molecule has 1 N–H and O–H groups in total. The highest BCUT2D eigenvalue weighted by molar-refractivity contribution is 6.00. The van der Waals surface area contributed by atoms with Gasteiger partial charge in [-0.15, -0.1) is 10.2 Å². The zero-order chi connectivity index (χ0) is 20.7. The van der Waals surface area contributed by atoms with Gasteiger partial charge in [-0.05, 0) is 54.7 Å². The van der Waals surface area contributed by atoms with E-state index in [1.165, 1.54) is 11.1 Å². The smallest absolute Gasteiger partial charge is 0.159 e. The lowest BCUT2D eigenvalue weighted by Crippen LogP contribution is -2.36. The molecule has 4 aromatic rings. The second-order valence-electron chi connectivity index (χ2n) is 7.98. The van der Waals surface area contributed by atoms with Gasteiger partial charge in [-0.25, -0.2) is 0 Å². The van der Waals surface area contributed by atoms with Crippen LogP contribution in [0.15, 0.2) is 66.7 Å². The quantitative estimate of drug-likeness (QED) is 0.474. The van der Waals surface area contributed by atoms with Crippen molar-refractivity contribution in [3.05, 3.63) is 83.4 Å². The zero-order valence-electron chi connectivity index (χ0n) is 17.3. The first-order chi connectivity index (χ1) is 14.7. The fraction of sp³-hybridized carbons (Fsp3) is 0.231. The molecule has 0 spiro atoms. The number of aromatic hydroxyl groups is 1. The molecule has 0 saturated carbocycles. The molecular formula is C26H25N3O. The largest absolute Gasteiger partial charge is 0.508 e. The first kappa shape index (κ1) is 18.6. The molecule has 0 radical (unpaired) electrons. The van der Waals surface area contributed by atoms with E-state index in [4.69, 9.17) is 10.2 Å². The highest BCUT2D eigenvalue weighted by atomic mass is 16.3. The standard InChI is InChI=1S/C26H25N3O/c1-3-24-21-9-5-4-8-18(21)14-15-29(24)26-23-11-7-6-10-22(23)25(27-28-26)20-13-12-19(30)16-17(20)2/h4-13,16,24,30H,3,14-15H2,1-2H3. The van der Waals surface area contributed by atoms with Gasteiger partial charge in [0.2, 0.25) is 0 Å². The molecule has 0 bridgehead atoms. The molecule has 1 unspecified atom stereocenters. The number of phenols is 1. The van der Waals surface area contributed by atoms with E-state index in [0.29, 0.717) is 6.04 Å². The summed E-state index contributed by atoms with van der Waals surface area (Å²) in [5.74, 6) is 1.22. The third-order valence-electron chi connectivity index (χ3n) is 6.20. The van der Waals surface area contributed by atoms with Crippen molar-refractivity contribution < 1.29 is 5.11 Å². The van der Waals surface area contributed by atoms with Crippen molar-refractivity contribution in [3.8, 4) is 17.0 Å². The van der Waals surface area contributed by atoms with Gasteiger partial charge in [-0.2, -0.15) is 0 Å². The van der Waals surface area contributed by atoms with Crippen LogP contribution in [0.1, 0.15) is 36.1 Å². The van der Waals surface area contributed by atoms with Crippen LogP contribution >= 0.6 is 0 Å². The van der Waals surface area contributed by atoms with Gasteiger partial charge in [0, 0.05) is 22.9 Å². The number of anilines is 1. The first-order valence-corrected chi connectivity index (χ1v) is 10.6. The van der Waals surface area contributed by atoms with E-state index in [1.54, 1.807) is 12.1 Å². The number of rotatable bonds is 3. The van der Waals surface area contributed by atoms with Crippen molar-refractivity contribution in [2.24, 2.45) is 0 Å². The van der Waals surface area contributed by atoms with Gasteiger partial charge in [-0.1, -0.05) is 55.5 Å². The Morgan fingerprint density at radius 3 is 2.53 bits per heavy atom. The molecule has 0 fully saturated rings. The van der Waals surface area contributed by atoms with Gasteiger partial charge in [0.25, 0.3) is 0 Å². The summed E-state index contributed by atoms with van der Waals surface area (Å²) in [5, 5.41) is 21.5. The van der Waals surface area contributed by atoms with Crippen molar-refractivity contribution in [3.63, 3.8) is 0 Å². The van der Waals surface area contributed by atoms with Crippen molar-refractivity contribution in [1.29, 1.82) is 0 Å². The monoisotopic (exact) mass is 395 g/mol. The van der Waals surface area contributed by atoms with E-state index in [2.05, 4.69) is 60.4 Å². The van der Waals surface area contributed by atoms with Crippen LogP contribution < -0.4 is 4.90 Å². The van der Waals surface area contributed by atoms with Crippen LogP contribution in [0.4, 0.5) is 5.82 Å². The van der Waals surface area contributed by atoms with E-state index >= 15 is 0 Å². The fourth-order valence-electron chi connectivity index (χ4n) is 4.76. The Morgan fingerprint density at radius 2 is 1.73 bits per heavy atom. The molecular weight excluding hydrogens is 370 g/mol. The van der Waals surface area contributed by atoms with E-state index in [-0.39, 0.29) is 5.75 Å². The molecule has 0 aliphatic carbocycles. The number of aryl methyl sites for hydroxylation is 1. The molecule has 4 heteroatoms. The SMILES string of the molecule is CCC1c2ccccc2CCN1c1nnc(-c2ccc(O)cc2C)c2ccccc12. The number of hydrogen-bond donors (Lipinski definition) is 1. The lowest BCUT2D eigenvalue weighted by Gasteiger charge is -2.38. The summed E-state index contributed by atoms with van der Waals surface area (Å²) in [6, 6.07) is 22.8. The lowest BCUT2D eigenvalue weighted by atomic mass is 9.90. The minimum atomic E-state index is 0.267. The maximum atomic E-state index is 9.81. The van der Waals surface area contributed by atoms with Gasteiger partial charge < -0.3 is 10.0 Å². The van der Waals surface area contributed by atoms with Gasteiger partial charge in [0.15, 0.2) is 5.82 Å². The van der Waals surface area contributed by atoms with Crippen LogP contribution in [0.5, 0.6) is 5.75 Å². The summed E-state index contributed by atoms with van der Waals surface area (Å²) in [6.45, 7) is 5.17. The molecule has 1 atom stereocenters. The Morgan fingerprint density at radius 1 is 0.967 bits per heavy atom. The number of phenolic OH excluding ortho intramolecular Hbond substituents is 1. The number of fused-ring (bicyclic) bond motifs is 2. The molecule has 1 aliphatic heterocycles. The molecule has 2 heterocycles. The molecule has 5 rings (SSSR count). The van der Waals surface area contributed by atoms with Gasteiger partial charge >= 0.3 is 0 Å². The Labute approximate surface area is 176 Å². The van der Waals surface area contributed by atoms with Crippen LogP contribution in [0.25, 0.3) is 22.0 Å². The first-order valence-electron chi connectivity index (χ1n) is 10.6. The highest BCUT2D eigenvalue weighted by Crippen LogP contribution is 2.39. The average molecular weight is 396 g/mol. The van der Waals surface area contributed by atoms with Crippen LogP contribution in [-0.2, 0) is 6.42 Å². The maximum absolute atomic E-state index is 9.81. The summed E-state index contributed by atoms with van der Waals surface area (Å²) in [6.07, 6.45) is 2.04. The van der Waals surface area contributed by atoms with E-state index in [1.807, 2.05) is 13.0 Å². The predicted molar refractivity (Wildman–Crippen MR) is 122 cm³/mol. The molecule has 0 amide bonds. The molecule has 30 heavy (non-hydrogen) atoms. The average Bonchev–Trinajstić information content (AvgIpc) is 2.78. The topological polar surface area (TPSA) is 49.2 Å². The molecule has 4 nitrogen and oxygen atoms in total. The van der Waals surface area contributed by atoms with Crippen molar-refractivity contribution >= 4 is 16.6 Å². The second-order valence-corrected chi connectivity index (χ2v) is 7.98. The minimum absolute atomic E-state index is 0.267. The third kappa shape index (κ3) is 3.00. The summed E-state index contributed by atoms with van der Waals surface area (Å²) in [5.41, 5.74) is 5.68. The Balaban J connectivity index is 1.67. The predicted octanol–water partition coefficient (Wildman–Crippen LogP) is 5.82. The normalized spacial score (nSPS) is 15.9. The van der Waals surface area contributed by atoms with Gasteiger partial charge in [-0.3, -0.25) is 0 Å². The molecule has 1 aromatic heterocycles. The summed E-state index contributed by atoms with van der Waals surface area (Å²) in [7, 11) is 0. The Hall–Kier alpha value is -3.40. The molecule has 3 aromatic carbocycles. The van der Waals surface area contributed by atoms with E-state index < -0.39 is 0 Å². The summed E-state index contributed by atoms with van der Waals surface area (Å²) < 4.78 is 0. The zero-order valence-corrected chi connectivity index (χ0v) is 17.3. The summed E-state index contributed by atoms with van der Waals surface area (Å²) >= 11 is 0. The molecule has 1 aliphatic rings. The highest BCUT2D eigenvalue weighted by Gasteiger charge is 2.28. The summed E-state index contributed by atoms with van der Waals surface area (Å²) in [4.78, 5) is 2.42. The number of nitrogens with zero attached hydrogens (tertiary/aromatic N) is 3. The molecule has 0 saturated heterocycles. The Bertz CT molecular complexity index is 1230. The molecule has 150 valence electrons.